The molecule has 28 heavy (non-hydrogen) atoms. The van der Waals surface area contributed by atoms with Crippen molar-refractivity contribution in [2.45, 2.75) is 58.3 Å². The summed E-state index contributed by atoms with van der Waals surface area (Å²) in [7, 11) is 1.50. The highest BCUT2D eigenvalue weighted by Gasteiger charge is 2.12. The Balaban J connectivity index is 2.46. The normalized spacial score (nSPS) is 12.0. The quantitative estimate of drug-likeness (QED) is 0.164. The summed E-state index contributed by atoms with van der Waals surface area (Å²) >= 11 is 1.65. The lowest BCUT2D eigenvalue weighted by molar-refractivity contribution is -0.0127. The van der Waals surface area contributed by atoms with Gasteiger partial charge in [0.1, 0.15) is 0 Å². The number of thioether (sulfide) groups is 1. The van der Waals surface area contributed by atoms with Crippen LogP contribution in [0.3, 0.4) is 0 Å². The second-order valence-corrected chi connectivity index (χ2v) is 8.17. The highest BCUT2D eigenvalue weighted by molar-refractivity contribution is 7.99. The van der Waals surface area contributed by atoms with Gasteiger partial charge in [0, 0.05) is 17.8 Å². The summed E-state index contributed by atoms with van der Waals surface area (Å²) < 4.78 is 9.87. The number of hydrogen-bond acceptors (Lipinski definition) is 4. The van der Waals surface area contributed by atoms with Gasteiger partial charge in [-0.3, -0.25) is 0 Å². The molecular formula is C24H34O3S. The SMILES string of the molecule is COCOC(=O)c1ccccc1SC/C=C(/C)CC/C=C(/C)CCC=C(C)C. The summed E-state index contributed by atoms with van der Waals surface area (Å²) in [6.45, 7) is 8.65. The lowest BCUT2D eigenvalue weighted by Crippen LogP contribution is -2.08. The van der Waals surface area contributed by atoms with Crippen LogP contribution in [0.4, 0.5) is 0 Å². The minimum absolute atomic E-state index is 0.0296. The molecule has 0 bridgehead atoms. The van der Waals surface area contributed by atoms with Crippen molar-refractivity contribution in [1.82, 2.24) is 0 Å². The monoisotopic (exact) mass is 402 g/mol. The van der Waals surface area contributed by atoms with Crippen molar-refractivity contribution >= 4 is 17.7 Å². The van der Waals surface area contributed by atoms with Crippen LogP contribution in [0, 0.1) is 0 Å². The van der Waals surface area contributed by atoms with E-state index in [4.69, 9.17) is 9.47 Å². The van der Waals surface area contributed by atoms with Crippen LogP contribution in [0.15, 0.2) is 64.1 Å². The Kier molecular flexibility index (Phi) is 12.3. The number of hydrogen-bond donors (Lipinski definition) is 0. The fourth-order valence-corrected chi connectivity index (χ4v) is 3.59. The second-order valence-electron chi connectivity index (χ2n) is 7.11. The molecule has 0 amide bonds. The summed E-state index contributed by atoms with van der Waals surface area (Å²) in [4.78, 5) is 13.0. The smallest absolute Gasteiger partial charge is 0.341 e. The highest BCUT2D eigenvalue weighted by atomic mass is 32.2. The molecule has 0 saturated heterocycles. The fraction of sp³-hybridized carbons (Fsp3) is 0.458. The maximum absolute atomic E-state index is 12.1. The molecular weight excluding hydrogens is 368 g/mol. The van der Waals surface area contributed by atoms with Crippen molar-refractivity contribution in [3.63, 3.8) is 0 Å². The first-order valence-electron chi connectivity index (χ1n) is 9.76. The van der Waals surface area contributed by atoms with Crippen LogP contribution >= 0.6 is 11.8 Å². The Morgan fingerprint density at radius 3 is 2.29 bits per heavy atom. The van der Waals surface area contributed by atoms with Crippen LogP contribution in [-0.4, -0.2) is 25.6 Å². The van der Waals surface area contributed by atoms with E-state index in [1.165, 1.54) is 23.8 Å². The van der Waals surface area contributed by atoms with Gasteiger partial charge in [0.2, 0.25) is 0 Å². The van der Waals surface area contributed by atoms with Crippen LogP contribution in [0.2, 0.25) is 0 Å². The molecule has 0 aliphatic carbocycles. The molecule has 0 atom stereocenters. The first kappa shape index (κ1) is 24.3. The van der Waals surface area contributed by atoms with Crippen molar-refractivity contribution in [3.8, 4) is 0 Å². The third-order valence-corrected chi connectivity index (χ3v) is 5.21. The topological polar surface area (TPSA) is 35.5 Å². The number of carbonyl (C=O) groups excluding carboxylic acids is 1. The molecule has 154 valence electrons. The van der Waals surface area contributed by atoms with Gasteiger partial charge in [-0.1, -0.05) is 47.1 Å². The Bertz CT molecular complexity index is 698. The van der Waals surface area contributed by atoms with Crippen LogP contribution < -0.4 is 0 Å². The van der Waals surface area contributed by atoms with Crippen molar-refractivity contribution < 1.29 is 14.3 Å². The number of esters is 1. The zero-order valence-electron chi connectivity index (χ0n) is 17.9. The van der Waals surface area contributed by atoms with E-state index in [1.54, 1.807) is 17.8 Å². The van der Waals surface area contributed by atoms with Gasteiger partial charge in [0.25, 0.3) is 0 Å². The van der Waals surface area contributed by atoms with Crippen LogP contribution in [-0.2, 0) is 9.47 Å². The predicted molar refractivity (Wildman–Crippen MR) is 120 cm³/mol. The van der Waals surface area contributed by atoms with Gasteiger partial charge in [-0.25, -0.2) is 4.79 Å². The molecule has 3 nitrogen and oxygen atoms in total. The molecule has 0 aliphatic heterocycles. The van der Waals surface area contributed by atoms with E-state index in [9.17, 15) is 4.79 Å². The Labute approximate surface area is 174 Å². The first-order chi connectivity index (χ1) is 13.4. The minimum atomic E-state index is -0.348. The van der Waals surface area contributed by atoms with Crippen molar-refractivity contribution in [3.05, 3.63) is 64.8 Å². The molecule has 0 saturated carbocycles. The van der Waals surface area contributed by atoms with Gasteiger partial charge in [0.15, 0.2) is 6.79 Å². The summed E-state index contributed by atoms with van der Waals surface area (Å²) in [5, 5.41) is 0. The van der Waals surface area contributed by atoms with E-state index >= 15 is 0 Å². The average molecular weight is 403 g/mol. The standard InChI is InChI=1S/C24H34O3S/c1-19(2)10-8-11-20(3)12-9-13-21(4)16-17-28-23-15-7-6-14-22(23)24(25)27-18-26-5/h6-7,10,12,14-16H,8-9,11,13,17-18H2,1-5H3/b20-12-,21-16-. The van der Waals surface area contributed by atoms with Crippen LogP contribution in [0.5, 0.6) is 0 Å². The first-order valence-corrected chi connectivity index (χ1v) is 10.7. The van der Waals surface area contributed by atoms with E-state index in [-0.39, 0.29) is 12.8 Å². The third-order valence-electron chi connectivity index (χ3n) is 4.21. The fourth-order valence-electron chi connectivity index (χ4n) is 2.56. The van der Waals surface area contributed by atoms with Gasteiger partial charge in [-0.15, -0.1) is 11.8 Å². The Morgan fingerprint density at radius 1 is 0.964 bits per heavy atom. The third kappa shape index (κ3) is 10.5. The number of allylic oxidation sites excluding steroid dienone is 5. The lowest BCUT2D eigenvalue weighted by Gasteiger charge is -2.08. The molecule has 1 aromatic rings. The van der Waals surface area contributed by atoms with E-state index in [0.717, 1.165) is 36.3 Å². The van der Waals surface area contributed by atoms with E-state index in [2.05, 4.69) is 45.9 Å². The van der Waals surface area contributed by atoms with Gasteiger partial charge < -0.3 is 9.47 Å². The largest absolute Gasteiger partial charge is 0.435 e. The Morgan fingerprint density at radius 2 is 1.61 bits per heavy atom. The molecule has 0 radical (unpaired) electrons. The zero-order valence-corrected chi connectivity index (χ0v) is 18.7. The molecule has 0 spiro atoms. The lowest BCUT2D eigenvalue weighted by atomic mass is 10.1. The molecule has 0 N–H and O–H groups in total. The molecule has 0 fully saturated rings. The zero-order chi connectivity index (χ0) is 20.8. The number of benzene rings is 1. The molecule has 1 rings (SSSR count). The minimum Gasteiger partial charge on any atom is -0.435 e. The maximum Gasteiger partial charge on any atom is 0.341 e. The summed E-state index contributed by atoms with van der Waals surface area (Å²) in [6.07, 6.45) is 11.3. The van der Waals surface area contributed by atoms with Gasteiger partial charge >= 0.3 is 5.97 Å². The molecule has 0 heterocycles. The van der Waals surface area contributed by atoms with E-state index < -0.39 is 0 Å². The van der Waals surface area contributed by atoms with Crippen molar-refractivity contribution in [2.24, 2.45) is 0 Å². The summed E-state index contributed by atoms with van der Waals surface area (Å²) in [5.41, 5.74) is 4.81. The van der Waals surface area contributed by atoms with E-state index in [0.29, 0.717) is 5.56 Å². The molecule has 1 aromatic carbocycles. The number of carbonyl (C=O) groups is 1. The number of rotatable bonds is 12. The van der Waals surface area contributed by atoms with Gasteiger partial charge in [0.05, 0.1) is 5.56 Å². The molecule has 0 unspecified atom stereocenters. The van der Waals surface area contributed by atoms with Crippen molar-refractivity contribution in [1.29, 1.82) is 0 Å². The summed E-state index contributed by atoms with van der Waals surface area (Å²) in [5.74, 6) is 0.489. The van der Waals surface area contributed by atoms with Gasteiger partial charge in [-0.05, 0) is 65.5 Å². The van der Waals surface area contributed by atoms with Crippen LogP contribution in [0.1, 0.15) is 63.7 Å². The second kappa shape index (κ2) is 14.3. The van der Waals surface area contributed by atoms with Crippen LogP contribution in [0.25, 0.3) is 0 Å². The molecule has 4 heteroatoms. The highest BCUT2D eigenvalue weighted by Crippen LogP contribution is 2.24. The molecule has 0 aliphatic rings. The summed E-state index contributed by atoms with van der Waals surface area (Å²) in [6, 6.07) is 7.53. The van der Waals surface area contributed by atoms with Gasteiger partial charge in [-0.2, -0.15) is 0 Å². The average Bonchev–Trinajstić information content (AvgIpc) is 2.66. The number of ether oxygens (including phenoxy) is 2. The maximum atomic E-state index is 12.1. The molecule has 0 aromatic heterocycles. The predicted octanol–water partition coefficient (Wildman–Crippen LogP) is 6.96. The Hall–Kier alpha value is -1.78. The van der Waals surface area contributed by atoms with E-state index in [1.807, 2.05) is 18.2 Å². The number of methoxy groups -OCH3 is 1. The van der Waals surface area contributed by atoms with Crippen molar-refractivity contribution in [2.75, 3.05) is 19.7 Å².